The molecule has 0 aromatic carbocycles. The molecular weight excluding hydrogens is 290 g/mol. The molecule has 21 heavy (non-hydrogen) atoms. The van der Waals surface area contributed by atoms with Crippen LogP contribution < -0.4 is 10.5 Å². The molecule has 0 radical (unpaired) electrons. The fourth-order valence-electron chi connectivity index (χ4n) is 4.49. The molecule has 7 heteroatoms. The number of hydrogen-bond acceptors (Lipinski definition) is 4. The van der Waals surface area contributed by atoms with Crippen LogP contribution >= 0.6 is 0 Å². The lowest BCUT2D eigenvalue weighted by Crippen LogP contribution is -2.53. The van der Waals surface area contributed by atoms with E-state index >= 15 is 0 Å². The van der Waals surface area contributed by atoms with E-state index in [4.69, 9.17) is 5.73 Å². The average Bonchev–Trinajstić information content (AvgIpc) is 2.97. The molecule has 120 valence electrons. The Morgan fingerprint density at radius 3 is 2.57 bits per heavy atom. The van der Waals surface area contributed by atoms with Crippen LogP contribution in [0.5, 0.6) is 0 Å². The van der Waals surface area contributed by atoms with Gasteiger partial charge in [0.15, 0.2) is 0 Å². The first-order chi connectivity index (χ1) is 9.85. The molecule has 2 bridgehead atoms. The van der Waals surface area contributed by atoms with Gasteiger partial charge in [-0.2, -0.15) is 0 Å². The highest BCUT2D eigenvalue weighted by molar-refractivity contribution is 7.88. The number of amides is 1. The first-order valence-corrected chi connectivity index (χ1v) is 9.76. The standard InChI is InChI=1S/C14H25N3O3S/c1-21(19,20)16-11-3-2-6-17(8-11)14(18)12-9-4-5-10(7-9)13(12)15/h9-13,16H,2-8,15H2,1H3. The number of fused-ring (bicyclic) bond motifs is 2. The molecule has 1 amide bonds. The second-order valence-corrected chi connectivity index (χ2v) is 8.73. The van der Waals surface area contributed by atoms with Crippen molar-refractivity contribution in [2.45, 2.75) is 44.2 Å². The molecular formula is C14H25N3O3S. The Morgan fingerprint density at radius 1 is 1.24 bits per heavy atom. The van der Waals surface area contributed by atoms with E-state index in [0.29, 0.717) is 18.4 Å². The number of piperidine rings is 1. The molecule has 0 spiro atoms. The summed E-state index contributed by atoms with van der Waals surface area (Å²) in [5.74, 6) is 1.06. The van der Waals surface area contributed by atoms with Gasteiger partial charge in [-0.3, -0.25) is 4.79 Å². The number of nitrogens with one attached hydrogen (secondary N) is 1. The van der Waals surface area contributed by atoms with Gasteiger partial charge in [-0.15, -0.1) is 0 Å². The number of likely N-dealkylation sites (tertiary alicyclic amines) is 1. The highest BCUT2D eigenvalue weighted by atomic mass is 32.2. The summed E-state index contributed by atoms with van der Waals surface area (Å²) in [7, 11) is -3.22. The van der Waals surface area contributed by atoms with E-state index in [9.17, 15) is 13.2 Å². The maximum atomic E-state index is 12.8. The van der Waals surface area contributed by atoms with Crippen LogP contribution in [0, 0.1) is 17.8 Å². The lowest BCUT2D eigenvalue weighted by molar-refractivity contribution is -0.139. The van der Waals surface area contributed by atoms with Crippen molar-refractivity contribution in [1.29, 1.82) is 0 Å². The van der Waals surface area contributed by atoms with Crippen molar-refractivity contribution in [3.8, 4) is 0 Å². The molecule has 1 saturated heterocycles. The summed E-state index contributed by atoms with van der Waals surface area (Å²) in [4.78, 5) is 14.6. The van der Waals surface area contributed by atoms with E-state index in [0.717, 1.165) is 38.6 Å². The van der Waals surface area contributed by atoms with E-state index in [1.807, 2.05) is 4.90 Å². The van der Waals surface area contributed by atoms with Gasteiger partial charge in [0, 0.05) is 25.2 Å². The number of carbonyl (C=O) groups excluding carboxylic acids is 1. The predicted molar refractivity (Wildman–Crippen MR) is 79.9 cm³/mol. The highest BCUT2D eigenvalue weighted by Gasteiger charge is 2.50. The SMILES string of the molecule is CS(=O)(=O)NC1CCCN(C(=O)C2C3CCC(C3)C2N)C1. The topological polar surface area (TPSA) is 92.5 Å². The van der Waals surface area contributed by atoms with Crippen molar-refractivity contribution in [3.63, 3.8) is 0 Å². The van der Waals surface area contributed by atoms with Crippen molar-refractivity contribution in [2.75, 3.05) is 19.3 Å². The zero-order chi connectivity index (χ0) is 15.2. The molecule has 3 N–H and O–H groups in total. The number of nitrogens with zero attached hydrogens (tertiary/aromatic N) is 1. The Balaban J connectivity index is 1.65. The van der Waals surface area contributed by atoms with E-state index in [2.05, 4.69) is 4.72 Å². The van der Waals surface area contributed by atoms with Gasteiger partial charge in [0.2, 0.25) is 15.9 Å². The molecule has 6 nitrogen and oxygen atoms in total. The summed E-state index contributed by atoms with van der Waals surface area (Å²) in [6.45, 7) is 1.20. The smallest absolute Gasteiger partial charge is 0.227 e. The molecule has 3 rings (SSSR count). The third-order valence-electron chi connectivity index (χ3n) is 5.38. The van der Waals surface area contributed by atoms with Gasteiger partial charge in [0.1, 0.15) is 0 Å². The van der Waals surface area contributed by atoms with Crippen LogP contribution in [-0.4, -0.2) is 50.7 Å². The summed E-state index contributed by atoms with van der Waals surface area (Å²) in [5, 5.41) is 0. The van der Waals surface area contributed by atoms with E-state index in [1.54, 1.807) is 0 Å². The molecule has 0 aromatic rings. The Labute approximate surface area is 126 Å². The Hall–Kier alpha value is -0.660. The van der Waals surface area contributed by atoms with Crippen LogP contribution in [0.2, 0.25) is 0 Å². The Kier molecular flexibility index (Phi) is 4.00. The summed E-state index contributed by atoms with van der Waals surface area (Å²) < 4.78 is 25.3. The maximum Gasteiger partial charge on any atom is 0.227 e. The molecule has 1 aliphatic heterocycles. The lowest BCUT2D eigenvalue weighted by atomic mass is 9.83. The molecule has 0 aromatic heterocycles. The predicted octanol–water partition coefficient (Wildman–Crippen LogP) is -0.1000. The molecule has 1 heterocycles. The number of carbonyl (C=O) groups is 1. The lowest BCUT2D eigenvalue weighted by Gasteiger charge is -2.37. The fourth-order valence-corrected chi connectivity index (χ4v) is 5.29. The number of hydrogen-bond donors (Lipinski definition) is 2. The van der Waals surface area contributed by atoms with Crippen molar-refractivity contribution in [2.24, 2.45) is 23.5 Å². The normalized spacial score (nSPS) is 39.7. The highest BCUT2D eigenvalue weighted by Crippen LogP contribution is 2.48. The van der Waals surface area contributed by atoms with Gasteiger partial charge in [-0.05, 0) is 43.9 Å². The minimum atomic E-state index is -3.22. The number of rotatable bonds is 3. The third kappa shape index (κ3) is 3.10. The second kappa shape index (κ2) is 5.52. The van der Waals surface area contributed by atoms with Gasteiger partial charge in [0.25, 0.3) is 0 Å². The second-order valence-electron chi connectivity index (χ2n) is 6.95. The van der Waals surface area contributed by atoms with Crippen LogP contribution in [-0.2, 0) is 14.8 Å². The zero-order valence-corrected chi connectivity index (χ0v) is 13.3. The van der Waals surface area contributed by atoms with Crippen LogP contribution in [0.15, 0.2) is 0 Å². The van der Waals surface area contributed by atoms with E-state index < -0.39 is 10.0 Å². The third-order valence-corrected chi connectivity index (χ3v) is 6.14. The molecule has 5 unspecified atom stereocenters. The molecule has 5 atom stereocenters. The fraction of sp³-hybridized carbons (Fsp3) is 0.929. The largest absolute Gasteiger partial charge is 0.341 e. The summed E-state index contributed by atoms with van der Waals surface area (Å²) in [6.07, 6.45) is 6.17. The van der Waals surface area contributed by atoms with Gasteiger partial charge in [-0.1, -0.05) is 0 Å². The van der Waals surface area contributed by atoms with Gasteiger partial charge < -0.3 is 10.6 Å². The minimum Gasteiger partial charge on any atom is -0.341 e. The maximum absolute atomic E-state index is 12.8. The number of nitrogens with two attached hydrogens (primary N) is 1. The monoisotopic (exact) mass is 315 g/mol. The van der Waals surface area contributed by atoms with Crippen LogP contribution in [0.25, 0.3) is 0 Å². The Bertz CT molecular complexity index is 520. The molecule has 2 saturated carbocycles. The number of sulfonamides is 1. The minimum absolute atomic E-state index is 0.000469. The van der Waals surface area contributed by atoms with Crippen LogP contribution in [0.3, 0.4) is 0 Å². The van der Waals surface area contributed by atoms with E-state index in [1.165, 1.54) is 6.26 Å². The summed E-state index contributed by atoms with van der Waals surface area (Å²) in [5.41, 5.74) is 6.25. The zero-order valence-electron chi connectivity index (χ0n) is 12.5. The Morgan fingerprint density at radius 2 is 1.95 bits per heavy atom. The first kappa shape index (κ1) is 15.2. The summed E-state index contributed by atoms with van der Waals surface area (Å²) >= 11 is 0. The van der Waals surface area contributed by atoms with Gasteiger partial charge in [-0.25, -0.2) is 13.1 Å². The van der Waals surface area contributed by atoms with Crippen molar-refractivity contribution in [3.05, 3.63) is 0 Å². The summed E-state index contributed by atoms with van der Waals surface area (Å²) in [6, 6.07) is -0.160. The van der Waals surface area contributed by atoms with E-state index in [-0.39, 0.29) is 23.9 Å². The average molecular weight is 315 g/mol. The first-order valence-electron chi connectivity index (χ1n) is 7.87. The van der Waals surface area contributed by atoms with Crippen LogP contribution in [0.1, 0.15) is 32.1 Å². The molecule has 2 aliphatic carbocycles. The quantitative estimate of drug-likeness (QED) is 0.761. The van der Waals surface area contributed by atoms with Crippen LogP contribution in [0.4, 0.5) is 0 Å². The van der Waals surface area contributed by atoms with Crippen molar-refractivity contribution >= 4 is 15.9 Å². The van der Waals surface area contributed by atoms with Crippen molar-refractivity contribution in [1.82, 2.24) is 9.62 Å². The molecule has 3 aliphatic rings. The van der Waals surface area contributed by atoms with Crippen molar-refractivity contribution < 1.29 is 13.2 Å². The van der Waals surface area contributed by atoms with Gasteiger partial charge in [0.05, 0.1) is 12.2 Å². The van der Waals surface area contributed by atoms with Gasteiger partial charge >= 0.3 is 0 Å². The molecule has 3 fully saturated rings.